The molecule has 0 aliphatic carbocycles. The molecule has 122 valence electrons. The third-order valence-corrected chi connectivity index (χ3v) is 5.15. The molecule has 0 saturated heterocycles. The summed E-state index contributed by atoms with van der Waals surface area (Å²) in [6.07, 6.45) is 0. The van der Waals surface area contributed by atoms with E-state index in [4.69, 9.17) is 11.6 Å². The van der Waals surface area contributed by atoms with E-state index in [-0.39, 0.29) is 5.91 Å². The highest BCUT2D eigenvalue weighted by molar-refractivity contribution is 7.99. The summed E-state index contributed by atoms with van der Waals surface area (Å²) < 4.78 is 0. The minimum Gasteiger partial charge on any atom is -0.351 e. The van der Waals surface area contributed by atoms with Crippen LogP contribution in [0.2, 0.25) is 5.02 Å². The highest BCUT2D eigenvalue weighted by Gasteiger charge is 2.05. The normalized spacial score (nSPS) is 10.7. The van der Waals surface area contributed by atoms with Gasteiger partial charge in [0.2, 0.25) is 5.91 Å². The lowest BCUT2D eigenvalue weighted by atomic mass is 10.0. The third kappa shape index (κ3) is 4.31. The van der Waals surface area contributed by atoms with Crippen LogP contribution in [0.1, 0.15) is 11.1 Å². The number of hydrogen-bond acceptors (Lipinski definition) is 2. The summed E-state index contributed by atoms with van der Waals surface area (Å²) in [4.78, 5) is 12.1. The summed E-state index contributed by atoms with van der Waals surface area (Å²) in [6, 6.07) is 22.1. The highest BCUT2D eigenvalue weighted by Crippen LogP contribution is 2.21. The van der Waals surface area contributed by atoms with Crippen LogP contribution in [0.25, 0.3) is 10.8 Å². The van der Waals surface area contributed by atoms with E-state index >= 15 is 0 Å². The fourth-order valence-corrected chi connectivity index (χ4v) is 3.70. The molecule has 0 bridgehead atoms. The predicted octanol–water partition coefficient (Wildman–Crippen LogP) is 5.04. The number of hydrogen-bond donors (Lipinski definition) is 1. The molecule has 0 spiro atoms. The fraction of sp³-hybridized carbons (Fsp3) is 0.150. The van der Waals surface area contributed by atoms with E-state index in [2.05, 4.69) is 29.6 Å². The number of thioether (sulfide) groups is 1. The van der Waals surface area contributed by atoms with E-state index in [1.165, 1.54) is 10.8 Å². The number of amides is 1. The summed E-state index contributed by atoms with van der Waals surface area (Å²) in [5.41, 5.74) is 2.20. The highest BCUT2D eigenvalue weighted by atomic mass is 35.5. The van der Waals surface area contributed by atoms with Crippen molar-refractivity contribution in [3.8, 4) is 0 Å². The second-order valence-corrected chi connectivity index (χ2v) is 6.89. The molecule has 0 radical (unpaired) electrons. The van der Waals surface area contributed by atoms with E-state index in [0.29, 0.717) is 12.3 Å². The summed E-state index contributed by atoms with van der Waals surface area (Å²) >= 11 is 7.69. The van der Waals surface area contributed by atoms with Gasteiger partial charge in [0.1, 0.15) is 0 Å². The average molecular weight is 356 g/mol. The number of nitrogens with one attached hydrogen (secondary N) is 1. The van der Waals surface area contributed by atoms with Crippen LogP contribution in [-0.2, 0) is 17.1 Å². The number of halogens is 1. The molecule has 0 unspecified atom stereocenters. The SMILES string of the molecule is O=C(CSCc1ccccc1Cl)NCc1cccc2ccccc12. The van der Waals surface area contributed by atoms with Crippen molar-refractivity contribution in [1.82, 2.24) is 5.32 Å². The second kappa shape index (κ2) is 8.22. The van der Waals surface area contributed by atoms with Gasteiger partial charge < -0.3 is 5.32 Å². The molecule has 0 aromatic heterocycles. The molecular formula is C20H18ClNOS. The Morgan fingerprint density at radius 3 is 2.50 bits per heavy atom. The first-order valence-corrected chi connectivity index (χ1v) is 9.32. The number of fused-ring (bicyclic) bond motifs is 1. The Kier molecular flexibility index (Phi) is 5.78. The van der Waals surface area contributed by atoms with Crippen LogP contribution in [0.15, 0.2) is 66.7 Å². The molecule has 24 heavy (non-hydrogen) atoms. The van der Waals surface area contributed by atoms with E-state index in [0.717, 1.165) is 21.9 Å². The number of carbonyl (C=O) groups excluding carboxylic acids is 1. The molecule has 0 aliphatic rings. The van der Waals surface area contributed by atoms with Gasteiger partial charge >= 0.3 is 0 Å². The Balaban J connectivity index is 1.51. The molecule has 3 rings (SSSR count). The quantitative estimate of drug-likeness (QED) is 0.671. The summed E-state index contributed by atoms with van der Waals surface area (Å²) in [6.45, 7) is 0.548. The molecule has 0 atom stereocenters. The summed E-state index contributed by atoms with van der Waals surface area (Å²) in [7, 11) is 0. The van der Waals surface area contributed by atoms with Crippen LogP contribution >= 0.6 is 23.4 Å². The molecule has 1 N–H and O–H groups in total. The Labute approximate surface area is 151 Å². The summed E-state index contributed by atoms with van der Waals surface area (Å²) in [5.74, 6) is 1.21. The number of rotatable bonds is 6. The predicted molar refractivity (Wildman–Crippen MR) is 103 cm³/mol. The van der Waals surface area contributed by atoms with Crippen molar-refractivity contribution in [2.24, 2.45) is 0 Å². The minimum atomic E-state index is 0.0417. The lowest BCUT2D eigenvalue weighted by molar-refractivity contribution is -0.118. The van der Waals surface area contributed by atoms with Crippen molar-refractivity contribution < 1.29 is 4.79 Å². The molecule has 0 heterocycles. The Bertz CT molecular complexity index is 844. The largest absolute Gasteiger partial charge is 0.351 e. The lowest BCUT2D eigenvalue weighted by Crippen LogP contribution is -2.24. The first-order valence-electron chi connectivity index (χ1n) is 7.78. The van der Waals surface area contributed by atoms with E-state index in [1.807, 2.05) is 42.5 Å². The number of benzene rings is 3. The van der Waals surface area contributed by atoms with Crippen LogP contribution in [-0.4, -0.2) is 11.7 Å². The minimum absolute atomic E-state index is 0.0417. The molecular weight excluding hydrogens is 338 g/mol. The monoisotopic (exact) mass is 355 g/mol. The van der Waals surface area contributed by atoms with Gasteiger partial charge in [-0.2, -0.15) is 0 Å². The fourth-order valence-electron chi connectivity index (χ4n) is 2.56. The van der Waals surface area contributed by atoms with E-state index in [1.54, 1.807) is 11.8 Å². The lowest BCUT2D eigenvalue weighted by Gasteiger charge is -2.09. The van der Waals surface area contributed by atoms with Crippen molar-refractivity contribution in [2.45, 2.75) is 12.3 Å². The smallest absolute Gasteiger partial charge is 0.230 e. The maximum atomic E-state index is 12.1. The molecule has 3 aromatic rings. The van der Waals surface area contributed by atoms with Crippen LogP contribution in [0.5, 0.6) is 0 Å². The van der Waals surface area contributed by atoms with Gasteiger partial charge in [-0.3, -0.25) is 4.79 Å². The molecule has 0 fully saturated rings. The van der Waals surface area contributed by atoms with Crippen molar-refractivity contribution in [1.29, 1.82) is 0 Å². The molecule has 1 amide bonds. The molecule has 2 nitrogen and oxygen atoms in total. The van der Waals surface area contributed by atoms with Crippen LogP contribution in [0, 0.1) is 0 Å². The zero-order valence-corrected chi connectivity index (χ0v) is 14.7. The third-order valence-electron chi connectivity index (χ3n) is 3.80. The first kappa shape index (κ1) is 16.9. The van der Waals surface area contributed by atoms with Crippen molar-refractivity contribution >= 4 is 40.0 Å². The van der Waals surface area contributed by atoms with Gasteiger partial charge in [0, 0.05) is 17.3 Å². The Morgan fingerprint density at radius 1 is 0.917 bits per heavy atom. The average Bonchev–Trinajstić information content (AvgIpc) is 2.61. The van der Waals surface area contributed by atoms with Crippen molar-refractivity contribution in [3.63, 3.8) is 0 Å². The standard InChI is InChI=1S/C20H18ClNOS/c21-19-11-4-2-7-17(19)13-24-14-20(23)22-12-16-9-5-8-15-6-1-3-10-18(15)16/h1-11H,12-14H2,(H,22,23). The van der Waals surface area contributed by atoms with Gasteiger partial charge in [0.25, 0.3) is 0 Å². The Morgan fingerprint density at radius 2 is 1.62 bits per heavy atom. The zero-order chi connectivity index (χ0) is 16.8. The maximum absolute atomic E-state index is 12.1. The second-order valence-electron chi connectivity index (χ2n) is 5.50. The van der Waals surface area contributed by atoms with Crippen LogP contribution in [0.4, 0.5) is 0 Å². The molecule has 0 saturated carbocycles. The van der Waals surface area contributed by atoms with Gasteiger partial charge in [0.15, 0.2) is 0 Å². The van der Waals surface area contributed by atoms with Gasteiger partial charge in [-0.25, -0.2) is 0 Å². The van der Waals surface area contributed by atoms with Gasteiger partial charge in [-0.15, -0.1) is 11.8 Å². The maximum Gasteiger partial charge on any atom is 0.230 e. The van der Waals surface area contributed by atoms with Gasteiger partial charge in [-0.05, 0) is 28.0 Å². The molecule has 4 heteroatoms. The van der Waals surface area contributed by atoms with Crippen molar-refractivity contribution in [3.05, 3.63) is 82.9 Å². The molecule has 0 aliphatic heterocycles. The Hall–Kier alpha value is -1.97. The van der Waals surface area contributed by atoms with Gasteiger partial charge in [0.05, 0.1) is 5.75 Å². The number of carbonyl (C=O) groups is 1. The molecule has 3 aromatic carbocycles. The topological polar surface area (TPSA) is 29.1 Å². The van der Waals surface area contributed by atoms with E-state index in [9.17, 15) is 4.79 Å². The van der Waals surface area contributed by atoms with Crippen LogP contribution in [0.3, 0.4) is 0 Å². The first-order chi connectivity index (χ1) is 11.7. The zero-order valence-electron chi connectivity index (χ0n) is 13.2. The van der Waals surface area contributed by atoms with Gasteiger partial charge in [-0.1, -0.05) is 72.3 Å². The summed E-state index contributed by atoms with van der Waals surface area (Å²) in [5, 5.41) is 6.13. The van der Waals surface area contributed by atoms with Crippen molar-refractivity contribution in [2.75, 3.05) is 5.75 Å². The van der Waals surface area contributed by atoms with E-state index < -0.39 is 0 Å². The van der Waals surface area contributed by atoms with Crippen LogP contribution < -0.4 is 5.32 Å².